The van der Waals surface area contributed by atoms with E-state index < -0.39 is 5.91 Å². The highest BCUT2D eigenvalue weighted by atomic mass is 35.5. The second-order valence-electron chi connectivity index (χ2n) is 5.52. The van der Waals surface area contributed by atoms with Crippen LogP contribution in [0.2, 0.25) is 10.0 Å². The molecule has 3 aromatic heterocycles. The maximum Gasteiger partial charge on any atom is 0.267 e. The molecule has 1 amide bonds. The predicted octanol–water partition coefficient (Wildman–Crippen LogP) is 3.56. The number of primary amides is 1. The minimum absolute atomic E-state index is 0.0882. The molecule has 0 spiro atoms. The van der Waals surface area contributed by atoms with Crippen LogP contribution in [0.25, 0.3) is 22.4 Å². The van der Waals surface area contributed by atoms with Gasteiger partial charge in [-0.05, 0) is 18.2 Å². The van der Waals surface area contributed by atoms with Gasteiger partial charge in [0.1, 0.15) is 29.2 Å². The predicted molar refractivity (Wildman–Crippen MR) is 103 cm³/mol. The first kappa shape index (κ1) is 17.2. The molecule has 134 valence electrons. The topological polar surface area (TPSA) is 122 Å². The molecule has 8 nitrogen and oxygen atoms in total. The first-order valence-electron chi connectivity index (χ1n) is 7.71. The van der Waals surface area contributed by atoms with E-state index in [1.807, 2.05) is 0 Å². The zero-order chi connectivity index (χ0) is 19.0. The molecule has 4 rings (SSSR count). The second-order valence-corrected chi connectivity index (χ2v) is 6.33. The summed E-state index contributed by atoms with van der Waals surface area (Å²) < 4.78 is 0. The van der Waals surface area contributed by atoms with Crippen LogP contribution in [0.15, 0.2) is 42.9 Å². The first-order chi connectivity index (χ1) is 13.0. The Hall–Kier alpha value is -3.23. The van der Waals surface area contributed by atoms with Crippen LogP contribution in [0.4, 0.5) is 11.6 Å². The van der Waals surface area contributed by atoms with Crippen LogP contribution in [-0.2, 0) is 0 Å². The summed E-state index contributed by atoms with van der Waals surface area (Å²) in [5.41, 5.74) is 7.22. The molecular weight excluding hydrogens is 389 g/mol. The van der Waals surface area contributed by atoms with Crippen molar-refractivity contribution >= 4 is 51.8 Å². The number of imidazole rings is 1. The number of aromatic amines is 1. The van der Waals surface area contributed by atoms with Gasteiger partial charge in [-0.2, -0.15) is 0 Å². The van der Waals surface area contributed by atoms with E-state index in [1.165, 1.54) is 12.4 Å². The molecule has 0 atom stereocenters. The van der Waals surface area contributed by atoms with Crippen molar-refractivity contribution < 1.29 is 4.79 Å². The van der Waals surface area contributed by atoms with E-state index in [0.717, 1.165) is 5.52 Å². The number of nitrogens with one attached hydrogen (secondary N) is 2. The highest BCUT2D eigenvalue weighted by molar-refractivity contribution is 6.39. The SMILES string of the molecule is NC(=O)c1cc(Nc2nccc3[nH]c(-c4c(Cl)cccc4Cl)nc23)ncn1. The van der Waals surface area contributed by atoms with Crippen molar-refractivity contribution in [3.63, 3.8) is 0 Å². The highest BCUT2D eigenvalue weighted by Crippen LogP contribution is 2.34. The van der Waals surface area contributed by atoms with Crippen molar-refractivity contribution in [2.75, 3.05) is 5.32 Å². The van der Waals surface area contributed by atoms with Crippen molar-refractivity contribution in [2.24, 2.45) is 5.73 Å². The molecule has 0 saturated heterocycles. The Morgan fingerprint density at radius 2 is 1.89 bits per heavy atom. The molecule has 3 heterocycles. The van der Waals surface area contributed by atoms with Crippen LogP contribution in [-0.4, -0.2) is 30.8 Å². The maximum atomic E-state index is 11.3. The number of fused-ring (bicyclic) bond motifs is 1. The van der Waals surface area contributed by atoms with E-state index in [4.69, 9.17) is 28.9 Å². The Morgan fingerprint density at radius 1 is 1.11 bits per heavy atom. The number of amides is 1. The fourth-order valence-corrected chi connectivity index (χ4v) is 3.13. The molecule has 1 aromatic carbocycles. The summed E-state index contributed by atoms with van der Waals surface area (Å²) in [7, 11) is 0. The fourth-order valence-electron chi connectivity index (χ4n) is 2.55. The molecule has 0 aliphatic rings. The van der Waals surface area contributed by atoms with E-state index in [1.54, 1.807) is 30.5 Å². The average Bonchev–Trinajstić information content (AvgIpc) is 3.06. The number of benzene rings is 1. The van der Waals surface area contributed by atoms with Crippen molar-refractivity contribution in [2.45, 2.75) is 0 Å². The molecular formula is C17H11Cl2N7O. The van der Waals surface area contributed by atoms with E-state index in [9.17, 15) is 4.79 Å². The quantitative estimate of drug-likeness (QED) is 0.481. The Kier molecular flexibility index (Phi) is 4.35. The van der Waals surface area contributed by atoms with E-state index in [-0.39, 0.29) is 5.69 Å². The van der Waals surface area contributed by atoms with Crippen molar-refractivity contribution in [1.29, 1.82) is 0 Å². The van der Waals surface area contributed by atoms with Gasteiger partial charge in [-0.3, -0.25) is 4.79 Å². The number of hydrogen-bond donors (Lipinski definition) is 3. The van der Waals surface area contributed by atoms with E-state index >= 15 is 0 Å². The standard InChI is InChI=1S/C17H11Cl2N7O/c18-8-2-1-3-9(19)13(8)16-24-10-4-5-21-17(14(10)26-16)25-12-6-11(15(20)27)22-7-23-12/h1-7H,(H2,20,27)(H,24,26)(H,21,22,23,25). The summed E-state index contributed by atoms with van der Waals surface area (Å²) in [6.07, 6.45) is 2.85. The van der Waals surface area contributed by atoms with Gasteiger partial charge in [0.2, 0.25) is 0 Å². The van der Waals surface area contributed by atoms with Crippen LogP contribution >= 0.6 is 23.2 Å². The molecule has 4 aromatic rings. The number of nitrogens with zero attached hydrogens (tertiary/aromatic N) is 4. The summed E-state index contributed by atoms with van der Waals surface area (Å²) in [4.78, 5) is 31.2. The minimum Gasteiger partial charge on any atom is -0.364 e. The Morgan fingerprint density at radius 3 is 2.63 bits per heavy atom. The number of hydrogen-bond acceptors (Lipinski definition) is 6. The Labute approximate surface area is 162 Å². The number of nitrogens with two attached hydrogens (primary N) is 1. The van der Waals surface area contributed by atoms with Gasteiger partial charge < -0.3 is 16.0 Å². The van der Waals surface area contributed by atoms with Gasteiger partial charge in [-0.1, -0.05) is 29.3 Å². The van der Waals surface area contributed by atoms with Crippen molar-refractivity contribution in [3.8, 4) is 11.4 Å². The normalized spacial score (nSPS) is 10.9. The lowest BCUT2D eigenvalue weighted by Gasteiger charge is -2.05. The van der Waals surface area contributed by atoms with Crippen molar-refractivity contribution in [1.82, 2.24) is 24.9 Å². The van der Waals surface area contributed by atoms with Gasteiger partial charge in [0, 0.05) is 12.3 Å². The summed E-state index contributed by atoms with van der Waals surface area (Å²) in [6, 6.07) is 8.44. The number of rotatable bonds is 4. The third-order valence-electron chi connectivity index (χ3n) is 3.77. The summed E-state index contributed by atoms with van der Waals surface area (Å²) in [5.74, 6) is 0.658. The maximum absolute atomic E-state index is 11.3. The monoisotopic (exact) mass is 399 g/mol. The zero-order valence-electron chi connectivity index (χ0n) is 13.6. The number of halogens is 2. The molecule has 0 saturated carbocycles. The van der Waals surface area contributed by atoms with Gasteiger partial charge in [0.15, 0.2) is 5.82 Å². The highest BCUT2D eigenvalue weighted by Gasteiger charge is 2.15. The number of carbonyl (C=O) groups excluding carboxylic acids is 1. The second kappa shape index (κ2) is 6.82. The molecule has 27 heavy (non-hydrogen) atoms. The lowest BCUT2D eigenvalue weighted by atomic mass is 10.2. The molecule has 10 heteroatoms. The smallest absolute Gasteiger partial charge is 0.267 e. The summed E-state index contributed by atoms with van der Waals surface area (Å²) in [5, 5.41) is 3.97. The van der Waals surface area contributed by atoms with Crippen molar-refractivity contribution in [3.05, 3.63) is 58.6 Å². The Balaban J connectivity index is 1.78. The van der Waals surface area contributed by atoms with Crippen LogP contribution < -0.4 is 11.1 Å². The van der Waals surface area contributed by atoms with Crippen LogP contribution in [0.5, 0.6) is 0 Å². The minimum atomic E-state index is -0.651. The average molecular weight is 400 g/mol. The van der Waals surface area contributed by atoms with Gasteiger partial charge in [0.05, 0.1) is 21.1 Å². The number of H-pyrrole nitrogens is 1. The Bertz CT molecular complexity index is 1150. The molecule has 0 unspecified atom stereocenters. The number of aromatic nitrogens is 5. The van der Waals surface area contributed by atoms with Gasteiger partial charge in [-0.25, -0.2) is 19.9 Å². The molecule has 4 N–H and O–H groups in total. The number of carbonyl (C=O) groups is 1. The lowest BCUT2D eigenvalue weighted by Crippen LogP contribution is -2.13. The fraction of sp³-hybridized carbons (Fsp3) is 0. The molecule has 0 radical (unpaired) electrons. The first-order valence-corrected chi connectivity index (χ1v) is 8.46. The number of pyridine rings is 1. The zero-order valence-corrected chi connectivity index (χ0v) is 15.1. The molecule has 0 aliphatic heterocycles. The van der Waals surface area contributed by atoms with E-state index in [0.29, 0.717) is 38.6 Å². The van der Waals surface area contributed by atoms with Gasteiger partial charge in [0.25, 0.3) is 5.91 Å². The third kappa shape index (κ3) is 3.27. The molecule has 0 bridgehead atoms. The summed E-state index contributed by atoms with van der Waals surface area (Å²) in [6.45, 7) is 0. The summed E-state index contributed by atoms with van der Waals surface area (Å²) >= 11 is 12.5. The van der Waals surface area contributed by atoms with Crippen LogP contribution in [0, 0.1) is 0 Å². The lowest BCUT2D eigenvalue weighted by molar-refractivity contribution is 0.0995. The third-order valence-corrected chi connectivity index (χ3v) is 4.40. The van der Waals surface area contributed by atoms with E-state index in [2.05, 4.69) is 30.2 Å². The molecule has 0 fully saturated rings. The van der Waals surface area contributed by atoms with Gasteiger partial charge in [-0.15, -0.1) is 0 Å². The van der Waals surface area contributed by atoms with Crippen LogP contribution in [0.3, 0.4) is 0 Å². The largest absolute Gasteiger partial charge is 0.364 e. The van der Waals surface area contributed by atoms with Gasteiger partial charge >= 0.3 is 0 Å². The number of anilines is 2. The molecule has 0 aliphatic carbocycles. The van der Waals surface area contributed by atoms with Crippen LogP contribution in [0.1, 0.15) is 10.5 Å².